The Morgan fingerprint density at radius 3 is 2.79 bits per heavy atom. The van der Waals surface area contributed by atoms with Crippen molar-refractivity contribution in [2.45, 2.75) is 77.0 Å². The summed E-state index contributed by atoms with van der Waals surface area (Å²) in [6.07, 6.45) is 5.71. The van der Waals surface area contributed by atoms with Gasteiger partial charge in [0, 0.05) is 24.6 Å². The minimum absolute atomic E-state index is 0.0412. The third-order valence-electron chi connectivity index (χ3n) is 5.93. The molecule has 0 radical (unpaired) electrons. The van der Waals surface area contributed by atoms with E-state index in [1.54, 1.807) is 0 Å². The highest BCUT2D eigenvalue weighted by Gasteiger charge is 2.43. The van der Waals surface area contributed by atoms with Crippen molar-refractivity contribution < 1.29 is 9.26 Å². The maximum absolute atomic E-state index is 6.48. The fraction of sp³-hybridized carbons (Fsp3) is 0.565. The Morgan fingerprint density at radius 2 is 2.07 bits per heavy atom. The molecule has 0 bridgehead atoms. The van der Waals surface area contributed by atoms with Crippen molar-refractivity contribution in [2.75, 3.05) is 6.54 Å². The van der Waals surface area contributed by atoms with E-state index in [-0.39, 0.29) is 11.6 Å². The summed E-state index contributed by atoms with van der Waals surface area (Å²) >= 11 is 0. The first-order valence-corrected chi connectivity index (χ1v) is 10.9. The molecular weight excluding hydrogens is 364 g/mol. The van der Waals surface area contributed by atoms with Crippen LogP contribution in [0, 0.1) is 0 Å². The number of fused-ring (bicyclic) bond motifs is 1. The Kier molecular flexibility index (Phi) is 5.79. The van der Waals surface area contributed by atoms with Gasteiger partial charge in [-0.3, -0.25) is 0 Å². The van der Waals surface area contributed by atoms with Crippen molar-refractivity contribution in [2.24, 2.45) is 4.99 Å². The molecule has 2 N–H and O–H groups in total. The first-order chi connectivity index (χ1) is 14.1. The molecule has 4 rings (SSSR count). The molecule has 1 saturated carbocycles. The molecule has 0 saturated heterocycles. The lowest BCUT2D eigenvalue weighted by molar-refractivity contribution is 0.0396. The molecule has 29 heavy (non-hydrogen) atoms. The molecular formula is C23H32N4O2. The van der Waals surface area contributed by atoms with Crippen LogP contribution in [-0.2, 0) is 6.54 Å². The van der Waals surface area contributed by atoms with Crippen molar-refractivity contribution in [3.63, 3.8) is 0 Å². The highest BCUT2D eigenvalue weighted by Crippen LogP contribution is 2.46. The van der Waals surface area contributed by atoms with Crippen molar-refractivity contribution >= 4 is 5.96 Å². The van der Waals surface area contributed by atoms with E-state index < -0.39 is 0 Å². The zero-order chi connectivity index (χ0) is 20.3. The minimum Gasteiger partial charge on any atom is -0.487 e. The number of aliphatic imine (C=N–C) groups is 1. The predicted molar refractivity (Wildman–Crippen MR) is 114 cm³/mol. The largest absolute Gasteiger partial charge is 0.487 e. The predicted octanol–water partition coefficient (Wildman–Crippen LogP) is 4.69. The normalized spacial score (nSPS) is 20.6. The molecule has 156 valence electrons. The smallest absolute Gasteiger partial charge is 0.192 e. The highest BCUT2D eigenvalue weighted by atomic mass is 16.5. The molecule has 1 aliphatic carbocycles. The van der Waals surface area contributed by atoms with Crippen molar-refractivity contribution in [1.82, 2.24) is 15.8 Å². The van der Waals surface area contributed by atoms with E-state index in [1.807, 2.05) is 6.07 Å². The van der Waals surface area contributed by atoms with Crippen LogP contribution >= 0.6 is 0 Å². The Hall–Kier alpha value is -2.50. The molecule has 0 amide bonds. The third-order valence-corrected chi connectivity index (χ3v) is 5.93. The lowest BCUT2D eigenvalue weighted by Crippen LogP contribution is -2.46. The first kappa shape index (κ1) is 19.8. The summed E-state index contributed by atoms with van der Waals surface area (Å²) in [5.74, 6) is 2.94. The molecule has 1 aromatic heterocycles. The number of hydrogen-bond acceptors (Lipinski definition) is 4. The highest BCUT2D eigenvalue weighted by molar-refractivity contribution is 5.80. The zero-order valence-electron chi connectivity index (χ0n) is 17.7. The second-order valence-electron chi connectivity index (χ2n) is 8.50. The standard InChI is InChI=1S/C23H32N4O2/c1-4-24-22(25-15-17-13-19(16(2)3)27-29-17)26-20-14-23(11-7-8-12-23)28-21-10-6-5-9-18(20)21/h5-6,9-10,13,16,20H,4,7-8,11-12,14-15H2,1-3H3,(H2,24,25,26). The molecule has 1 aliphatic heterocycles. The first-order valence-electron chi connectivity index (χ1n) is 10.9. The Morgan fingerprint density at radius 1 is 1.28 bits per heavy atom. The average Bonchev–Trinajstić information content (AvgIpc) is 3.36. The van der Waals surface area contributed by atoms with E-state index >= 15 is 0 Å². The number of para-hydroxylation sites is 1. The van der Waals surface area contributed by atoms with Crippen LogP contribution in [0.5, 0.6) is 5.75 Å². The number of nitrogens with zero attached hydrogens (tertiary/aromatic N) is 2. The van der Waals surface area contributed by atoms with Gasteiger partial charge in [0.25, 0.3) is 0 Å². The van der Waals surface area contributed by atoms with Gasteiger partial charge in [0.05, 0.1) is 11.7 Å². The molecule has 1 atom stereocenters. The fourth-order valence-electron chi connectivity index (χ4n) is 4.39. The lowest BCUT2D eigenvalue weighted by Gasteiger charge is -2.40. The SMILES string of the molecule is CCNC(=NCc1cc(C(C)C)no1)NC1CC2(CCCC2)Oc2ccccc21. The molecule has 1 aromatic carbocycles. The minimum atomic E-state index is -0.0412. The summed E-state index contributed by atoms with van der Waals surface area (Å²) in [4.78, 5) is 4.76. The van der Waals surface area contributed by atoms with E-state index in [2.05, 4.69) is 60.8 Å². The molecule has 6 heteroatoms. The van der Waals surface area contributed by atoms with Crippen molar-refractivity contribution in [3.8, 4) is 5.75 Å². The molecule has 1 spiro atoms. The monoisotopic (exact) mass is 396 g/mol. The van der Waals surface area contributed by atoms with Crippen LogP contribution in [0.1, 0.15) is 81.9 Å². The van der Waals surface area contributed by atoms with Crippen LogP contribution in [0.3, 0.4) is 0 Å². The lowest BCUT2D eigenvalue weighted by atomic mass is 9.86. The summed E-state index contributed by atoms with van der Waals surface area (Å²) in [6, 6.07) is 10.6. The summed E-state index contributed by atoms with van der Waals surface area (Å²) < 4.78 is 11.9. The van der Waals surface area contributed by atoms with E-state index in [0.717, 1.165) is 49.0 Å². The average molecular weight is 397 g/mol. The summed E-state index contributed by atoms with van der Waals surface area (Å²) in [5, 5.41) is 11.2. The maximum Gasteiger partial charge on any atom is 0.192 e. The van der Waals surface area contributed by atoms with E-state index in [0.29, 0.717) is 12.5 Å². The molecule has 6 nitrogen and oxygen atoms in total. The van der Waals surface area contributed by atoms with Gasteiger partial charge in [-0.2, -0.15) is 0 Å². The van der Waals surface area contributed by atoms with Gasteiger partial charge in [-0.05, 0) is 44.6 Å². The van der Waals surface area contributed by atoms with Gasteiger partial charge < -0.3 is 19.9 Å². The van der Waals surface area contributed by atoms with Gasteiger partial charge >= 0.3 is 0 Å². The zero-order valence-corrected chi connectivity index (χ0v) is 17.7. The van der Waals surface area contributed by atoms with Crippen LogP contribution in [0.15, 0.2) is 39.8 Å². The molecule has 2 aliphatic rings. The topological polar surface area (TPSA) is 71.7 Å². The maximum atomic E-state index is 6.48. The Labute approximate surface area is 173 Å². The molecule has 2 heterocycles. The second-order valence-corrected chi connectivity index (χ2v) is 8.50. The molecule has 1 unspecified atom stereocenters. The van der Waals surface area contributed by atoms with Gasteiger partial charge in [0.1, 0.15) is 17.9 Å². The van der Waals surface area contributed by atoms with Crippen LogP contribution < -0.4 is 15.4 Å². The number of ether oxygens (including phenoxy) is 1. The quantitative estimate of drug-likeness (QED) is 0.567. The number of nitrogens with one attached hydrogen (secondary N) is 2. The number of rotatable bonds is 5. The molecule has 1 fully saturated rings. The van der Waals surface area contributed by atoms with E-state index in [4.69, 9.17) is 14.3 Å². The van der Waals surface area contributed by atoms with Crippen LogP contribution in [0.4, 0.5) is 0 Å². The number of guanidine groups is 1. The Bertz CT molecular complexity index is 852. The third kappa shape index (κ3) is 4.41. The number of aromatic nitrogens is 1. The van der Waals surface area contributed by atoms with Gasteiger partial charge in [-0.15, -0.1) is 0 Å². The Balaban J connectivity index is 1.53. The van der Waals surface area contributed by atoms with Gasteiger partial charge in [0.15, 0.2) is 11.7 Å². The van der Waals surface area contributed by atoms with Crippen LogP contribution in [0.2, 0.25) is 0 Å². The number of benzene rings is 1. The number of hydrogen-bond donors (Lipinski definition) is 2. The van der Waals surface area contributed by atoms with Crippen molar-refractivity contribution in [3.05, 3.63) is 47.3 Å². The van der Waals surface area contributed by atoms with Gasteiger partial charge in [-0.1, -0.05) is 37.2 Å². The van der Waals surface area contributed by atoms with E-state index in [1.165, 1.54) is 18.4 Å². The van der Waals surface area contributed by atoms with Crippen LogP contribution in [-0.4, -0.2) is 23.3 Å². The second kappa shape index (κ2) is 8.47. The molecule has 2 aromatic rings. The fourth-order valence-corrected chi connectivity index (χ4v) is 4.39. The van der Waals surface area contributed by atoms with Gasteiger partial charge in [0.2, 0.25) is 0 Å². The summed E-state index contributed by atoms with van der Waals surface area (Å²) in [6.45, 7) is 7.56. The van der Waals surface area contributed by atoms with E-state index in [9.17, 15) is 0 Å². The van der Waals surface area contributed by atoms with Crippen LogP contribution in [0.25, 0.3) is 0 Å². The van der Waals surface area contributed by atoms with Gasteiger partial charge in [-0.25, -0.2) is 4.99 Å². The summed E-state index contributed by atoms with van der Waals surface area (Å²) in [7, 11) is 0. The van der Waals surface area contributed by atoms with Crippen molar-refractivity contribution in [1.29, 1.82) is 0 Å². The summed E-state index contributed by atoms with van der Waals surface area (Å²) in [5.41, 5.74) is 2.13.